The Kier molecular flexibility index (Phi) is 2.99. The van der Waals surface area contributed by atoms with Crippen molar-refractivity contribution < 1.29 is 18.7 Å². The first kappa shape index (κ1) is 10.4. The molecule has 0 aliphatic carbocycles. The van der Waals surface area contributed by atoms with Crippen LogP contribution >= 0.6 is 0 Å². The van der Waals surface area contributed by atoms with Gasteiger partial charge in [0.2, 0.25) is 0 Å². The van der Waals surface area contributed by atoms with E-state index in [1.165, 1.54) is 0 Å². The summed E-state index contributed by atoms with van der Waals surface area (Å²) in [6.07, 6.45) is 0. The molecule has 0 amide bonds. The Morgan fingerprint density at radius 1 is 0.812 bits per heavy atom. The highest BCUT2D eigenvalue weighted by atomic mass is 16.6. The lowest BCUT2D eigenvalue weighted by molar-refractivity contribution is 0.188. The van der Waals surface area contributed by atoms with Gasteiger partial charge in [-0.05, 0) is 24.2 Å². The van der Waals surface area contributed by atoms with E-state index in [0.717, 1.165) is 0 Å². The van der Waals surface area contributed by atoms with Gasteiger partial charge in [0.15, 0.2) is 0 Å². The van der Waals surface area contributed by atoms with E-state index < -0.39 is 0 Å². The van der Waals surface area contributed by atoms with Crippen LogP contribution in [0.3, 0.4) is 0 Å². The Labute approximate surface area is 90.4 Å². The minimum Gasteiger partial charge on any atom is -0.471 e. The first-order valence-corrected chi connectivity index (χ1v) is 4.61. The van der Waals surface area contributed by atoms with Crippen molar-refractivity contribution in [1.29, 1.82) is 0 Å². The van der Waals surface area contributed by atoms with E-state index >= 15 is 0 Å². The monoisotopic (exact) mass is 226 g/mol. The van der Waals surface area contributed by atoms with Gasteiger partial charge in [-0.3, -0.25) is 0 Å². The van der Waals surface area contributed by atoms with Gasteiger partial charge in [-0.1, -0.05) is 10.3 Å². The number of rotatable bonds is 5. The van der Waals surface area contributed by atoms with Crippen LogP contribution in [0, 0.1) is 13.8 Å². The Morgan fingerprint density at radius 3 is 1.56 bits per heavy atom. The maximum atomic E-state index is 5.24. The highest BCUT2D eigenvalue weighted by molar-refractivity contribution is 5.12. The first-order chi connectivity index (χ1) is 7.77. The van der Waals surface area contributed by atoms with Crippen LogP contribution in [0.25, 0.3) is 0 Å². The molecule has 86 valence electrons. The molecule has 0 saturated heterocycles. The van der Waals surface area contributed by atoms with Gasteiger partial charge in [0, 0.05) is 0 Å². The van der Waals surface area contributed by atoms with Gasteiger partial charge >= 0.3 is 0 Å². The molecule has 0 N–H and O–H groups in total. The van der Waals surface area contributed by atoms with Gasteiger partial charge < -0.3 is 9.47 Å². The fraction of sp³-hybridized carbons (Fsp3) is 0.500. The van der Waals surface area contributed by atoms with Gasteiger partial charge in [-0.2, -0.15) is 0 Å². The van der Waals surface area contributed by atoms with Gasteiger partial charge in [0.05, 0.1) is 0 Å². The Hall–Kier alpha value is -2.12. The smallest absolute Gasteiger partial charge is 0.278 e. The lowest BCUT2D eigenvalue weighted by Crippen LogP contribution is -2.10. The largest absolute Gasteiger partial charge is 0.471 e. The third-order valence-electron chi connectivity index (χ3n) is 1.78. The summed E-state index contributed by atoms with van der Waals surface area (Å²) in [5.41, 5.74) is 1.19. The summed E-state index contributed by atoms with van der Waals surface area (Å²) in [5.74, 6) is 0.720. The van der Waals surface area contributed by atoms with Crippen LogP contribution in [0.1, 0.15) is 11.4 Å². The second-order valence-corrected chi connectivity index (χ2v) is 3.01. The molecule has 0 bridgehead atoms. The topological polar surface area (TPSA) is 96.3 Å². The SMILES string of the molecule is Cc1nonc1OCCOc1nonc1C. The molecule has 0 aliphatic heterocycles. The quantitative estimate of drug-likeness (QED) is 0.681. The molecule has 2 heterocycles. The van der Waals surface area contributed by atoms with Crippen LogP contribution in [0.2, 0.25) is 0 Å². The van der Waals surface area contributed by atoms with E-state index in [2.05, 4.69) is 29.9 Å². The Bertz CT molecular complexity index is 410. The molecule has 2 aromatic rings. The van der Waals surface area contributed by atoms with Crippen LogP contribution in [0.5, 0.6) is 11.8 Å². The van der Waals surface area contributed by atoms with E-state index in [-0.39, 0.29) is 0 Å². The van der Waals surface area contributed by atoms with Crippen LogP contribution in [-0.2, 0) is 0 Å². The van der Waals surface area contributed by atoms with Crippen molar-refractivity contribution in [3.05, 3.63) is 11.4 Å². The molecular weight excluding hydrogens is 216 g/mol. The average Bonchev–Trinajstić information content (AvgIpc) is 2.84. The molecule has 0 fully saturated rings. The summed E-state index contributed by atoms with van der Waals surface area (Å²) in [6, 6.07) is 0. The lowest BCUT2D eigenvalue weighted by Gasteiger charge is -2.02. The van der Waals surface area contributed by atoms with Crippen LogP contribution < -0.4 is 9.47 Å². The maximum absolute atomic E-state index is 5.24. The van der Waals surface area contributed by atoms with E-state index in [0.29, 0.717) is 36.4 Å². The maximum Gasteiger partial charge on any atom is 0.278 e. The zero-order valence-electron chi connectivity index (χ0n) is 8.84. The Balaban J connectivity index is 1.74. The van der Waals surface area contributed by atoms with E-state index in [9.17, 15) is 0 Å². The number of nitrogens with zero attached hydrogens (tertiary/aromatic N) is 4. The number of ether oxygens (including phenoxy) is 2. The average molecular weight is 226 g/mol. The van der Waals surface area contributed by atoms with E-state index in [4.69, 9.17) is 9.47 Å². The molecule has 0 saturated carbocycles. The van der Waals surface area contributed by atoms with E-state index in [1.807, 2.05) is 0 Å². The fourth-order valence-corrected chi connectivity index (χ4v) is 0.986. The second kappa shape index (κ2) is 4.60. The fourth-order valence-electron chi connectivity index (χ4n) is 0.986. The van der Waals surface area contributed by atoms with Crippen molar-refractivity contribution >= 4 is 0 Å². The van der Waals surface area contributed by atoms with Crippen LogP contribution in [0.4, 0.5) is 0 Å². The molecular formula is C8H10N4O4. The van der Waals surface area contributed by atoms with Crippen molar-refractivity contribution in [2.75, 3.05) is 13.2 Å². The summed E-state index contributed by atoms with van der Waals surface area (Å²) >= 11 is 0. The van der Waals surface area contributed by atoms with Crippen LogP contribution in [0.15, 0.2) is 9.26 Å². The van der Waals surface area contributed by atoms with E-state index in [1.54, 1.807) is 13.8 Å². The van der Waals surface area contributed by atoms with Crippen molar-refractivity contribution in [3.8, 4) is 11.8 Å². The minimum absolute atomic E-state index is 0.307. The van der Waals surface area contributed by atoms with Crippen molar-refractivity contribution in [2.24, 2.45) is 0 Å². The molecule has 0 atom stereocenters. The second-order valence-electron chi connectivity index (χ2n) is 3.01. The Morgan fingerprint density at radius 2 is 1.25 bits per heavy atom. The molecule has 0 radical (unpaired) electrons. The highest BCUT2D eigenvalue weighted by Crippen LogP contribution is 2.11. The number of hydrogen-bond donors (Lipinski definition) is 0. The summed E-state index contributed by atoms with van der Waals surface area (Å²) in [6.45, 7) is 4.08. The predicted octanol–water partition coefficient (Wildman–Crippen LogP) is 0.527. The summed E-state index contributed by atoms with van der Waals surface area (Å²) in [7, 11) is 0. The normalized spacial score (nSPS) is 10.4. The van der Waals surface area contributed by atoms with Gasteiger partial charge in [0.1, 0.15) is 24.6 Å². The third kappa shape index (κ3) is 2.27. The minimum atomic E-state index is 0.307. The summed E-state index contributed by atoms with van der Waals surface area (Å²) in [5, 5.41) is 14.3. The number of aryl methyl sites for hydroxylation is 2. The molecule has 0 aliphatic rings. The summed E-state index contributed by atoms with van der Waals surface area (Å²) < 4.78 is 19.4. The molecule has 0 spiro atoms. The molecule has 8 nitrogen and oxygen atoms in total. The van der Waals surface area contributed by atoms with Crippen LogP contribution in [-0.4, -0.2) is 33.8 Å². The van der Waals surface area contributed by atoms with Gasteiger partial charge in [-0.25, -0.2) is 9.26 Å². The van der Waals surface area contributed by atoms with Gasteiger partial charge in [-0.15, -0.1) is 0 Å². The zero-order chi connectivity index (χ0) is 11.4. The van der Waals surface area contributed by atoms with Crippen molar-refractivity contribution in [3.63, 3.8) is 0 Å². The number of aromatic nitrogens is 4. The predicted molar refractivity (Wildman–Crippen MR) is 49.1 cm³/mol. The molecule has 2 rings (SSSR count). The first-order valence-electron chi connectivity index (χ1n) is 4.61. The standard InChI is InChI=1S/C8H10N4O4/c1-5-7(11-15-9-5)13-3-4-14-8-6(2)10-16-12-8/h3-4H2,1-2H3. The number of hydrogen-bond acceptors (Lipinski definition) is 8. The van der Waals surface area contributed by atoms with Crippen molar-refractivity contribution in [1.82, 2.24) is 20.6 Å². The molecule has 16 heavy (non-hydrogen) atoms. The highest BCUT2D eigenvalue weighted by Gasteiger charge is 2.08. The lowest BCUT2D eigenvalue weighted by atomic mass is 10.5. The molecule has 0 aromatic carbocycles. The zero-order valence-corrected chi connectivity index (χ0v) is 8.84. The molecule has 0 unspecified atom stereocenters. The summed E-state index contributed by atoms with van der Waals surface area (Å²) in [4.78, 5) is 0. The third-order valence-corrected chi connectivity index (χ3v) is 1.78. The van der Waals surface area contributed by atoms with Gasteiger partial charge in [0.25, 0.3) is 11.8 Å². The van der Waals surface area contributed by atoms with Crippen molar-refractivity contribution in [2.45, 2.75) is 13.8 Å². The molecule has 8 heteroatoms. The molecule has 2 aromatic heterocycles.